The van der Waals surface area contributed by atoms with Gasteiger partial charge in [-0.25, -0.2) is 9.59 Å². The molecule has 8 heteroatoms. The Balaban J connectivity index is 1.57. The molecule has 0 radical (unpaired) electrons. The minimum absolute atomic E-state index is 0.257. The number of aromatic hydroxyl groups is 4. The first-order valence-electron chi connectivity index (χ1n) is 10.1. The first kappa shape index (κ1) is 22.7. The van der Waals surface area contributed by atoms with Gasteiger partial charge >= 0.3 is 11.9 Å². The van der Waals surface area contributed by atoms with Gasteiger partial charge in [-0.1, -0.05) is 12.1 Å². The molecular formula is C24H24O8. The monoisotopic (exact) mass is 440 g/mol. The van der Waals surface area contributed by atoms with E-state index in [1.807, 2.05) is 0 Å². The fourth-order valence-corrected chi connectivity index (χ4v) is 3.33. The molecule has 1 fully saturated rings. The SMILES string of the molecule is O=C(C=Cc1ccc(O)c(O)c1)O[C@@H]1CCCC[C@H]1OC(=O)C=Cc1ccc(O)c(O)c1. The second-order valence-corrected chi connectivity index (χ2v) is 7.40. The molecule has 3 rings (SSSR count). The fraction of sp³-hybridized carbons (Fsp3) is 0.250. The fourth-order valence-electron chi connectivity index (χ4n) is 3.33. The average Bonchev–Trinajstić information content (AvgIpc) is 2.77. The summed E-state index contributed by atoms with van der Waals surface area (Å²) in [5.41, 5.74) is 1.02. The summed E-state index contributed by atoms with van der Waals surface area (Å²) in [6.07, 6.45) is 6.94. The first-order chi connectivity index (χ1) is 15.3. The van der Waals surface area contributed by atoms with Crippen LogP contribution in [-0.4, -0.2) is 44.6 Å². The summed E-state index contributed by atoms with van der Waals surface area (Å²) in [7, 11) is 0. The zero-order chi connectivity index (χ0) is 23.1. The minimum Gasteiger partial charge on any atom is -0.504 e. The molecular weight excluding hydrogens is 416 g/mol. The summed E-state index contributed by atoms with van der Waals surface area (Å²) in [6, 6.07) is 8.30. The van der Waals surface area contributed by atoms with Gasteiger partial charge in [-0.15, -0.1) is 0 Å². The molecule has 2 aromatic rings. The third-order valence-corrected chi connectivity index (χ3v) is 5.00. The molecule has 0 bridgehead atoms. The van der Waals surface area contributed by atoms with Crippen molar-refractivity contribution in [2.45, 2.75) is 37.9 Å². The summed E-state index contributed by atoms with van der Waals surface area (Å²) in [5, 5.41) is 37.7. The van der Waals surface area contributed by atoms with E-state index in [4.69, 9.17) is 9.47 Å². The number of benzene rings is 2. The van der Waals surface area contributed by atoms with Crippen LogP contribution >= 0.6 is 0 Å². The van der Waals surface area contributed by atoms with Crippen LogP contribution in [0.4, 0.5) is 0 Å². The van der Waals surface area contributed by atoms with Crippen molar-refractivity contribution < 1.29 is 39.5 Å². The van der Waals surface area contributed by atoms with Crippen LogP contribution < -0.4 is 0 Å². The van der Waals surface area contributed by atoms with Crippen LogP contribution in [0.5, 0.6) is 23.0 Å². The number of rotatable bonds is 6. The Morgan fingerprint density at radius 1 is 0.688 bits per heavy atom. The summed E-state index contributed by atoms with van der Waals surface area (Å²) in [6.45, 7) is 0. The molecule has 0 amide bonds. The van der Waals surface area contributed by atoms with Gasteiger partial charge in [-0.2, -0.15) is 0 Å². The maximum atomic E-state index is 12.2. The topological polar surface area (TPSA) is 134 Å². The van der Waals surface area contributed by atoms with Crippen molar-refractivity contribution in [3.63, 3.8) is 0 Å². The van der Waals surface area contributed by atoms with E-state index in [0.717, 1.165) is 12.8 Å². The first-order valence-corrected chi connectivity index (χ1v) is 10.1. The van der Waals surface area contributed by atoms with Gasteiger partial charge in [-0.05, 0) is 73.2 Å². The average molecular weight is 440 g/mol. The van der Waals surface area contributed by atoms with E-state index in [9.17, 15) is 30.0 Å². The van der Waals surface area contributed by atoms with Gasteiger partial charge < -0.3 is 29.9 Å². The summed E-state index contributed by atoms with van der Waals surface area (Å²) in [4.78, 5) is 24.4. The molecule has 0 aromatic heterocycles. The highest BCUT2D eigenvalue weighted by Gasteiger charge is 2.30. The van der Waals surface area contributed by atoms with Crippen molar-refractivity contribution in [1.29, 1.82) is 0 Å². The van der Waals surface area contributed by atoms with Gasteiger partial charge in [0.25, 0.3) is 0 Å². The second kappa shape index (κ2) is 10.4. The molecule has 0 heterocycles. The van der Waals surface area contributed by atoms with Crippen molar-refractivity contribution in [3.8, 4) is 23.0 Å². The van der Waals surface area contributed by atoms with Crippen molar-refractivity contribution in [3.05, 3.63) is 59.7 Å². The molecule has 0 unspecified atom stereocenters. The van der Waals surface area contributed by atoms with E-state index in [1.54, 1.807) is 0 Å². The van der Waals surface area contributed by atoms with Crippen molar-refractivity contribution in [2.24, 2.45) is 0 Å². The van der Waals surface area contributed by atoms with Gasteiger partial charge in [-0.3, -0.25) is 0 Å². The van der Waals surface area contributed by atoms with Crippen LogP contribution in [0.3, 0.4) is 0 Å². The smallest absolute Gasteiger partial charge is 0.331 e. The number of phenolic OH excluding ortho intramolecular Hbond substituents is 4. The highest BCUT2D eigenvalue weighted by Crippen LogP contribution is 2.27. The molecule has 4 N–H and O–H groups in total. The molecule has 168 valence electrons. The van der Waals surface area contributed by atoms with Gasteiger partial charge in [0.15, 0.2) is 23.0 Å². The third kappa shape index (κ3) is 6.28. The Kier molecular flexibility index (Phi) is 7.38. The molecule has 0 saturated heterocycles. The number of carbonyl (C=O) groups is 2. The highest BCUT2D eigenvalue weighted by molar-refractivity contribution is 5.88. The lowest BCUT2D eigenvalue weighted by Crippen LogP contribution is -2.37. The van der Waals surface area contributed by atoms with Gasteiger partial charge in [0.1, 0.15) is 12.2 Å². The van der Waals surface area contributed by atoms with Crippen molar-refractivity contribution >= 4 is 24.1 Å². The standard InChI is InChI=1S/C24H24O8/c25-17-9-5-15(13-19(17)27)7-11-23(29)31-21-3-1-2-4-22(21)32-24(30)12-8-16-6-10-18(26)20(28)14-16/h5-14,21-22,25-28H,1-4H2/t21-,22-/m1/s1. The Morgan fingerprint density at radius 2 is 1.09 bits per heavy atom. The van der Waals surface area contributed by atoms with Gasteiger partial charge in [0, 0.05) is 12.2 Å². The van der Waals surface area contributed by atoms with Crippen molar-refractivity contribution in [2.75, 3.05) is 0 Å². The largest absolute Gasteiger partial charge is 0.504 e. The maximum Gasteiger partial charge on any atom is 0.331 e. The van der Waals surface area contributed by atoms with Crippen LogP contribution in [0.1, 0.15) is 36.8 Å². The molecule has 0 spiro atoms. The van der Waals surface area contributed by atoms with E-state index >= 15 is 0 Å². The van der Waals surface area contributed by atoms with E-state index in [2.05, 4.69) is 0 Å². The summed E-state index contributed by atoms with van der Waals surface area (Å²) < 4.78 is 10.9. The zero-order valence-electron chi connectivity index (χ0n) is 17.2. The lowest BCUT2D eigenvalue weighted by molar-refractivity contribution is -0.165. The van der Waals surface area contributed by atoms with Crippen LogP contribution in [0.25, 0.3) is 12.2 Å². The van der Waals surface area contributed by atoms with Crippen LogP contribution in [-0.2, 0) is 19.1 Å². The number of ether oxygens (including phenoxy) is 2. The van der Waals surface area contributed by atoms with Crippen molar-refractivity contribution in [1.82, 2.24) is 0 Å². The minimum atomic E-state index is -0.611. The van der Waals surface area contributed by atoms with Gasteiger partial charge in [0.2, 0.25) is 0 Å². The number of hydrogen-bond acceptors (Lipinski definition) is 8. The molecule has 1 aliphatic carbocycles. The zero-order valence-corrected chi connectivity index (χ0v) is 17.2. The maximum absolute atomic E-state index is 12.2. The van der Waals surface area contributed by atoms with Crippen LogP contribution in [0, 0.1) is 0 Å². The highest BCUT2D eigenvalue weighted by atomic mass is 16.6. The molecule has 1 aliphatic rings. The lowest BCUT2D eigenvalue weighted by Gasteiger charge is -2.30. The predicted octanol–water partition coefficient (Wildman–Crippen LogP) is 3.63. The molecule has 1 saturated carbocycles. The Morgan fingerprint density at radius 3 is 1.47 bits per heavy atom. The Hall–Kier alpha value is -3.94. The summed E-state index contributed by atoms with van der Waals surface area (Å²) >= 11 is 0. The van der Waals surface area contributed by atoms with Gasteiger partial charge in [0.05, 0.1) is 0 Å². The molecule has 2 aromatic carbocycles. The van der Waals surface area contributed by atoms with E-state index in [1.165, 1.54) is 60.7 Å². The Bertz CT molecular complexity index is 957. The van der Waals surface area contributed by atoms with E-state index < -0.39 is 24.1 Å². The summed E-state index contributed by atoms with van der Waals surface area (Å²) in [5.74, 6) is -2.33. The lowest BCUT2D eigenvalue weighted by atomic mass is 9.94. The number of carbonyl (C=O) groups excluding carboxylic acids is 2. The van der Waals surface area contributed by atoms with Crippen LogP contribution in [0.15, 0.2) is 48.6 Å². The normalized spacial score (nSPS) is 18.6. The van der Waals surface area contributed by atoms with E-state index in [0.29, 0.717) is 24.0 Å². The quantitative estimate of drug-likeness (QED) is 0.304. The predicted molar refractivity (Wildman–Crippen MR) is 116 cm³/mol. The molecule has 0 aliphatic heterocycles. The Labute approximate surface area is 184 Å². The number of phenols is 4. The number of hydrogen-bond donors (Lipinski definition) is 4. The molecule has 2 atom stereocenters. The molecule has 8 nitrogen and oxygen atoms in total. The number of esters is 2. The van der Waals surface area contributed by atoms with Crippen LogP contribution in [0.2, 0.25) is 0 Å². The second-order valence-electron chi connectivity index (χ2n) is 7.40. The molecule has 32 heavy (non-hydrogen) atoms. The third-order valence-electron chi connectivity index (χ3n) is 5.00. The van der Waals surface area contributed by atoms with E-state index in [-0.39, 0.29) is 23.0 Å².